The van der Waals surface area contributed by atoms with Gasteiger partial charge in [0.1, 0.15) is 41.3 Å². The maximum absolute atomic E-state index is 14.7. The van der Waals surface area contributed by atoms with E-state index in [4.69, 9.17) is 23.9 Å². The lowest BCUT2D eigenvalue weighted by Crippen LogP contribution is -2.58. The SMILES string of the molecule is CCOc1cc2c3cc(c(OC)cc3n1)/C=C/C[C@@H]1CCC[C@H]1OC(=O)N[C@H]1CCCCC/C=C\[C@@H]3C[C@@]3(C(=O)NS(=O)(=O)C3CC3)NC(=O)[C@@H]3C[C@H](CN3C1=O)O2. The highest BCUT2D eigenvalue weighted by Crippen LogP contribution is 2.46. The fourth-order valence-corrected chi connectivity index (χ4v) is 10.3. The maximum atomic E-state index is 14.7. The molecule has 15 nitrogen and oxygen atoms in total. The number of amides is 4. The highest BCUT2D eigenvalue weighted by atomic mass is 32.2. The molecule has 2 aromatic rings. The number of rotatable bonds is 6. The molecule has 1 aromatic carbocycles. The van der Waals surface area contributed by atoms with E-state index in [1.165, 1.54) is 4.90 Å². The van der Waals surface area contributed by atoms with Gasteiger partial charge < -0.3 is 34.5 Å². The second-order valence-electron chi connectivity index (χ2n) is 16.5. The summed E-state index contributed by atoms with van der Waals surface area (Å²) >= 11 is 0. The molecule has 58 heavy (non-hydrogen) atoms. The summed E-state index contributed by atoms with van der Waals surface area (Å²) in [5.41, 5.74) is -0.150. The number of methoxy groups -OCH3 is 1. The number of fused-ring (bicyclic) bond motifs is 5. The van der Waals surface area contributed by atoms with Crippen molar-refractivity contribution >= 4 is 50.8 Å². The van der Waals surface area contributed by atoms with Crippen LogP contribution in [-0.4, -0.2) is 97.5 Å². The molecule has 0 radical (unpaired) electrons. The Morgan fingerprint density at radius 2 is 1.88 bits per heavy atom. The van der Waals surface area contributed by atoms with Crippen LogP contribution in [0.25, 0.3) is 17.0 Å². The predicted octanol–water partition coefficient (Wildman–Crippen LogP) is 4.67. The molecule has 8 rings (SSSR count). The molecule has 3 aliphatic carbocycles. The Balaban J connectivity index is 1.18. The van der Waals surface area contributed by atoms with E-state index in [1.54, 1.807) is 13.2 Å². The summed E-state index contributed by atoms with van der Waals surface area (Å²) in [7, 11) is -2.31. The molecule has 3 aliphatic heterocycles. The molecule has 4 heterocycles. The summed E-state index contributed by atoms with van der Waals surface area (Å²) in [6.07, 6.45) is 13.8. The minimum Gasteiger partial charge on any atom is -0.496 e. The van der Waals surface area contributed by atoms with Crippen LogP contribution in [0.1, 0.15) is 96.0 Å². The second-order valence-corrected chi connectivity index (χ2v) is 18.4. The van der Waals surface area contributed by atoms with E-state index in [9.17, 15) is 27.6 Å². The maximum Gasteiger partial charge on any atom is 0.408 e. The summed E-state index contributed by atoms with van der Waals surface area (Å²) in [5.74, 6) is -0.844. The van der Waals surface area contributed by atoms with Gasteiger partial charge in [-0.2, -0.15) is 0 Å². The number of aromatic nitrogens is 1. The molecule has 3 saturated carbocycles. The third-order valence-corrected chi connectivity index (χ3v) is 14.2. The average Bonchev–Trinajstić information content (AvgIpc) is 4.08. The second kappa shape index (κ2) is 16.4. The first-order valence-corrected chi connectivity index (χ1v) is 22.3. The molecule has 16 heteroatoms. The van der Waals surface area contributed by atoms with Crippen LogP contribution in [0.3, 0.4) is 0 Å². The van der Waals surface area contributed by atoms with Crippen LogP contribution in [0.5, 0.6) is 17.4 Å². The average molecular weight is 820 g/mol. The normalized spacial score (nSPS) is 31.5. The number of allylic oxidation sites excluding steroid dienone is 2. The standard InChI is InChI=1S/C42H53N5O10S/c1-3-55-37-22-36-30-19-26(35(54-2)21-32(30)43-37)13-9-11-25-12-10-16-34(25)57-41(51)44-31-15-8-6-4-5-7-14-27-23-42(27,40(50)46-58(52,53)29-17-18-29)45-38(48)33-20-28(56-36)24-47(33)39(31)49/h7,9,13-14,19,21-22,25,27-29,31,33-34H,3-6,8,10-12,15-18,20,23-24H2,1-2H3,(H,44,51)(H,45,48)(H,46,50)/b13-9+,14-7-/t25-,27-,28-,31+,33+,34-,42-/m1/s1. The van der Waals surface area contributed by atoms with E-state index < -0.39 is 68.7 Å². The summed E-state index contributed by atoms with van der Waals surface area (Å²) in [4.78, 5) is 62.9. The fourth-order valence-electron chi connectivity index (χ4n) is 8.98. The number of sulfonamides is 1. The molecule has 0 unspecified atom stereocenters. The van der Waals surface area contributed by atoms with Gasteiger partial charge in [-0.05, 0) is 83.1 Å². The van der Waals surface area contributed by atoms with Crippen LogP contribution in [0.15, 0.2) is 36.4 Å². The zero-order valence-electron chi connectivity index (χ0n) is 33.1. The van der Waals surface area contributed by atoms with E-state index in [0.29, 0.717) is 79.8 Å². The summed E-state index contributed by atoms with van der Waals surface area (Å²) in [6.45, 7) is 2.20. The number of hydrogen-bond donors (Lipinski definition) is 3. The topological polar surface area (TPSA) is 192 Å². The van der Waals surface area contributed by atoms with E-state index in [2.05, 4.69) is 21.4 Å². The number of nitrogens with one attached hydrogen (secondary N) is 3. The molecule has 1 aromatic heterocycles. The Morgan fingerprint density at radius 3 is 2.67 bits per heavy atom. The number of pyridine rings is 1. The quantitative estimate of drug-likeness (QED) is 0.343. The minimum atomic E-state index is -3.90. The number of nitrogens with zero attached hydrogens (tertiary/aromatic N) is 2. The number of hydrogen-bond acceptors (Lipinski definition) is 11. The molecule has 5 bridgehead atoms. The Bertz CT molecular complexity index is 2120. The Labute approximate surface area is 338 Å². The van der Waals surface area contributed by atoms with Crippen LogP contribution >= 0.6 is 0 Å². The largest absolute Gasteiger partial charge is 0.496 e. The molecular formula is C42H53N5O10S. The number of carbonyl (C=O) groups excluding carboxylic acids is 4. The van der Waals surface area contributed by atoms with Crippen LogP contribution in [0, 0.1) is 11.8 Å². The highest BCUT2D eigenvalue weighted by Gasteiger charge is 2.62. The highest BCUT2D eigenvalue weighted by molar-refractivity contribution is 7.91. The first-order chi connectivity index (χ1) is 28.0. The third-order valence-electron chi connectivity index (χ3n) is 12.4. The van der Waals surface area contributed by atoms with Gasteiger partial charge in [-0.3, -0.25) is 19.1 Å². The lowest BCUT2D eigenvalue weighted by molar-refractivity contribution is -0.141. The number of alkyl carbamates (subject to hydrolysis) is 1. The van der Waals surface area contributed by atoms with Gasteiger partial charge in [-0.25, -0.2) is 18.2 Å². The Hall–Kier alpha value is -4.86. The van der Waals surface area contributed by atoms with Crippen LogP contribution < -0.4 is 29.6 Å². The van der Waals surface area contributed by atoms with Gasteiger partial charge in [0.15, 0.2) is 0 Å². The smallest absolute Gasteiger partial charge is 0.408 e. The first kappa shape index (κ1) is 39.9. The lowest BCUT2D eigenvalue weighted by atomic mass is 10.00. The van der Waals surface area contributed by atoms with Crippen LogP contribution in [0.2, 0.25) is 0 Å². The van der Waals surface area contributed by atoms with Crippen LogP contribution in [-0.2, 0) is 29.1 Å². The molecule has 6 aliphatic rings. The van der Waals surface area contributed by atoms with Gasteiger partial charge in [0, 0.05) is 35.4 Å². The lowest BCUT2D eigenvalue weighted by Gasteiger charge is -2.30. The van der Waals surface area contributed by atoms with Crippen LogP contribution in [0.4, 0.5) is 4.79 Å². The van der Waals surface area contributed by atoms with Crippen molar-refractivity contribution in [3.05, 3.63) is 42.0 Å². The van der Waals surface area contributed by atoms with Gasteiger partial charge in [-0.1, -0.05) is 37.1 Å². The zero-order chi connectivity index (χ0) is 40.6. The van der Waals surface area contributed by atoms with Crippen molar-refractivity contribution in [3.63, 3.8) is 0 Å². The van der Waals surface area contributed by atoms with E-state index in [1.807, 2.05) is 37.3 Å². The third kappa shape index (κ3) is 8.34. The molecule has 312 valence electrons. The summed E-state index contributed by atoms with van der Waals surface area (Å²) in [5, 5.41) is 5.84. The first-order valence-electron chi connectivity index (χ1n) is 20.8. The van der Waals surface area contributed by atoms with E-state index in [-0.39, 0.29) is 31.4 Å². The monoisotopic (exact) mass is 819 g/mol. The molecular weight excluding hydrogens is 767 g/mol. The molecule has 7 atom stereocenters. The van der Waals surface area contributed by atoms with Crippen molar-refractivity contribution in [1.82, 2.24) is 25.2 Å². The Morgan fingerprint density at radius 1 is 1.03 bits per heavy atom. The van der Waals surface area contributed by atoms with Crippen molar-refractivity contribution in [2.24, 2.45) is 11.8 Å². The van der Waals surface area contributed by atoms with Crippen molar-refractivity contribution < 1.29 is 46.5 Å². The zero-order valence-corrected chi connectivity index (χ0v) is 33.9. The van der Waals surface area contributed by atoms with Crippen molar-refractivity contribution in [3.8, 4) is 17.4 Å². The van der Waals surface area contributed by atoms with Crippen molar-refractivity contribution in [2.75, 3.05) is 20.3 Å². The van der Waals surface area contributed by atoms with Gasteiger partial charge in [0.05, 0.1) is 31.0 Å². The molecule has 4 amide bonds. The molecule has 3 N–H and O–H groups in total. The fraction of sp³-hybridized carbons (Fsp3) is 0.595. The molecule has 4 fully saturated rings. The summed E-state index contributed by atoms with van der Waals surface area (Å²) < 4.78 is 52.4. The van der Waals surface area contributed by atoms with Gasteiger partial charge in [-0.15, -0.1) is 0 Å². The van der Waals surface area contributed by atoms with Crippen molar-refractivity contribution in [2.45, 2.75) is 125 Å². The Kier molecular flexibility index (Phi) is 11.3. The van der Waals surface area contributed by atoms with Crippen molar-refractivity contribution in [1.29, 1.82) is 0 Å². The van der Waals surface area contributed by atoms with Gasteiger partial charge >= 0.3 is 6.09 Å². The number of ether oxygens (including phenoxy) is 4. The minimum absolute atomic E-state index is 0.00979. The summed E-state index contributed by atoms with van der Waals surface area (Å²) in [6, 6.07) is 3.35. The number of benzene rings is 1. The van der Waals surface area contributed by atoms with E-state index >= 15 is 0 Å². The molecule has 1 saturated heterocycles. The van der Waals surface area contributed by atoms with E-state index in [0.717, 1.165) is 31.2 Å². The van der Waals surface area contributed by atoms with Gasteiger partial charge in [0.25, 0.3) is 5.91 Å². The molecule has 0 spiro atoms. The number of carbonyl (C=O) groups is 4. The van der Waals surface area contributed by atoms with Gasteiger partial charge in [0.2, 0.25) is 27.7 Å². The predicted molar refractivity (Wildman–Crippen MR) is 213 cm³/mol.